The Morgan fingerprint density at radius 1 is 1.23 bits per heavy atom. The van der Waals surface area contributed by atoms with Crippen molar-refractivity contribution in [3.8, 4) is 33.8 Å². The van der Waals surface area contributed by atoms with E-state index in [-0.39, 0.29) is 29.5 Å². The molecule has 0 bridgehead atoms. The van der Waals surface area contributed by atoms with Crippen molar-refractivity contribution in [1.29, 1.82) is 10.5 Å². The number of carboxylic acids is 1. The molecule has 0 spiro atoms. The van der Waals surface area contributed by atoms with Crippen LogP contribution >= 0.6 is 11.3 Å². The van der Waals surface area contributed by atoms with E-state index in [2.05, 4.69) is 20.7 Å². The first-order chi connectivity index (χ1) is 22.1. The molecule has 0 aliphatic carbocycles. The number of ether oxygens (including phenoxy) is 1. The maximum absolute atomic E-state index is 12.0. The number of hydrogen-bond donors (Lipinski definition) is 3. The van der Waals surface area contributed by atoms with Crippen LogP contribution in [0.25, 0.3) is 21.7 Å². The Morgan fingerprint density at radius 3 is 2.32 bits per heavy atom. The van der Waals surface area contributed by atoms with Gasteiger partial charge in [0.05, 0.1) is 47.6 Å². The van der Waals surface area contributed by atoms with Crippen LogP contribution in [0.5, 0.6) is 0 Å². The molecule has 0 atom stereocenters. The number of rotatable bonds is 6. The first kappa shape index (κ1) is 41.0. The van der Waals surface area contributed by atoms with Crippen LogP contribution in [-0.2, 0) is 25.7 Å². The summed E-state index contributed by atoms with van der Waals surface area (Å²) in [5.74, 6) is -1.38. The third kappa shape index (κ3) is 16.0. The van der Waals surface area contributed by atoms with Crippen molar-refractivity contribution in [2.75, 3.05) is 6.61 Å². The number of aromatic amines is 1. The quantitative estimate of drug-likeness (QED) is 0.0615. The largest absolute Gasteiger partial charge is 0.853 e. The van der Waals surface area contributed by atoms with Crippen LogP contribution in [0.1, 0.15) is 36.2 Å². The van der Waals surface area contributed by atoms with E-state index in [0.29, 0.717) is 23.4 Å². The molecule has 0 radical (unpaired) electrons. The number of esters is 1. The van der Waals surface area contributed by atoms with Crippen LogP contribution in [0.3, 0.4) is 0 Å². The fraction of sp³-hybridized carbons (Fsp3) is 0.125. The Labute approximate surface area is 278 Å². The van der Waals surface area contributed by atoms with Gasteiger partial charge in [-0.3, -0.25) is 19.2 Å². The minimum absolute atomic E-state index is 0. The molecular formula is C32H31N4O9S2+. The lowest BCUT2D eigenvalue weighted by Gasteiger charge is -2.04. The van der Waals surface area contributed by atoms with E-state index in [1.165, 1.54) is 47.7 Å². The summed E-state index contributed by atoms with van der Waals surface area (Å²) in [6, 6.07) is 12.6. The lowest BCUT2D eigenvalue weighted by molar-refractivity contribution is -0.294. The fourth-order valence-electron chi connectivity index (χ4n) is 2.94. The van der Waals surface area contributed by atoms with Crippen molar-refractivity contribution in [1.82, 2.24) is 11.1 Å². The van der Waals surface area contributed by atoms with Crippen molar-refractivity contribution >= 4 is 46.3 Å². The number of pyridine rings is 1. The Kier molecular flexibility index (Phi) is 20.4. The summed E-state index contributed by atoms with van der Waals surface area (Å²) in [6.45, 7) is 6.39. The Hall–Kier alpha value is -6.00. The second-order valence-electron chi connectivity index (χ2n) is 8.14. The normalized spacial score (nSPS) is 9.83. The summed E-state index contributed by atoms with van der Waals surface area (Å²) in [4.78, 5) is 45.4. The van der Waals surface area contributed by atoms with Crippen molar-refractivity contribution < 1.29 is 38.2 Å². The Bertz CT molecular complexity index is 1740. The van der Waals surface area contributed by atoms with Gasteiger partial charge in [-0.05, 0) is 36.6 Å². The van der Waals surface area contributed by atoms with E-state index >= 15 is 0 Å². The molecule has 0 aromatic carbocycles. The summed E-state index contributed by atoms with van der Waals surface area (Å²) in [6.07, 6.45) is 10.1. The minimum atomic E-state index is -0.833. The van der Waals surface area contributed by atoms with E-state index in [0.717, 1.165) is 28.6 Å². The second kappa shape index (κ2) is 23.4. The highest BCUT2D eigenvalue weighted by Gasteiger charge is 2.21. The van der Waals surface area contributed by atoms with Crippen molar-refractivity contribution in [2.24, 2.45) is 0 Å². The monoisotopic (exact) mass is 679 g/mol. The first-order valence-corrected chi connectivity index (χ1v) is 14.7. The highest BCUT2D eigenvalue weighted by molar-refractivity contribution is 7.82. The van der Waals surface area contributed by atoms with Gasteiger partial charge in [-0.1, -0.05) is 12.6 Å². The average molecular weight is 680 g/mol. The summed E-state index contributed by atoms with van der Waals surface area (Å²) in [5, 5.41) is 38.6. The third-order valence-electron chi connectivity index (χ3n) is 4.77. The van der Waals surface area contributed by atoms with Crippen LogP contribution < -0.4 is 16.8 Å². The third-order valence-corrected chi connectivity index (χ3v) is 6.58. The van der Waals surface area contributed by atoms with Crippen molar-refractivity contribution in [2.45, 2.75) is 20.3 Å². The molecule has 4 aromatic heterocycles. The molecule has 0 saturated carbocycles. The molecule has 47 heavy (non-hydrogen) atoms. The number of nitrogens with one attached hydrogen (secondary N) is 1. The van der Waals surface area contributed by atoms with E-state index < -0.39 is 11.9 Å². The molecule has 5 rings (SSSR count). The molecule has 0 fully saturated rings. The van der Waals surface area contributed by atoms with Crippen LogP contribution in [0.4, 0.5) is 0 Å². The number of carbonyl (C=O) groups excluding carboxylic acids is 2. The second-order valence-corrected chi connectivity index (χ2v) is 10.0. The number of aromatic nitrogens is 1. The zero-order valence-electron chi connectivity index (χ0n) is 25.3. The van der Waals surface area contributed by atoms with E-state index in [9.17, 15) is 19.5 Å². The molecule has 5 N–H and O–H groups in total. The van der Waals surface area contributed by atoms with Crippen LogP contribution in [0, 0.1) is 29.1 Å². The molecule has 5 heterocycles. The zero-order chi connectivity index (χ0) is 34.3. The molecule has 1 aliphatic rings. The van der Waals surface area contributed by atoms with Crippen LogP contribution in [0.2, 0.25) is 0 Å². The summed E-state index contributed by atoms with van der Waals surface area (Å²) in [5.41, 5.74) is 2.31. The molecule has 4 aromatic rings. The number of carbonyl (C=O) groups is 3. The van der Waals surface area contributed by atoms with E-state index in [1.54, 1.807) is 37.3 Å². The van der Waals surface area contributed by atoms with Gasteiger partial charge < -0.3 is 34.9 Å². The van der Waals surface area contributed by atoms with Gasteiger partial charge in [0.25, 0.3) is 16.9 Å². The SMILES string of the molecule is C=C([O-])C1=C[CH+]C=[S+]1.CC(=O)O.CCOC(=O)CC#N.N.N#Cc1c(-c2ccoc2)cc(-c2cccs2)[nH]c1=O.O=Cc1ccoc1. The van der Waals surface area contributed by atoms with Crippen molar-refractivity contribution in [3.05, 3.63) is 112 Å². The highest BCUT2D eigenvalue weighted by atomic mass is 32.1. The first-order valence-electron chi connectivity index (χ1n) is 12.9. The number of aldehydes is 1. The maximum atomic E-state index is 12.0. The van der Waals surface area contributed by atoms with Gasteiger partial charge in [-0.2, -0.15) is 10.5 Å². The van der Waals surface area contributed by atoms with Gasteiger partial charge in [-0.15, -0.1) is 11.3 Å². The standard InChI is InChI=1S/C14H8N2O2S.C6H5OS.C5H7NO2.C5H4O2.C2H4O2.H3N/c15-7-11-10(9-3-4-18-8-9)6-12(16-14(11)17)13-2-1-5-19-13;1-5(7)6-3-2-4-8-6;1-2-8-5(7)3-4-6;6-3-5-1-2-7-4-5;1-2(3)4;/h1-6,8H,(H,16,17);2-4H,1H2;2-3H2,1H3;1-4H;1H3,(H,3,4);1H3/q;+1;;;;. The number of carboxylic acid groups (broad SMARTS) is 1. The van der Waals surface area contributed by atoms with Crippen LogP contribution in [-0.4, -0.2) is 40.3 Å². The molecule has 0 unspecified atom stereocenters. The van der Waals surface area contributed by atoms with Gasteiger partial charge in [0.1, 0.15) is 30.7 Å². The number of nitriles is 2. The lowest BCUT2D eigenvalue weighted by atomic mass is 10.0. The average Bonchev–Trinajstić information content (AvgIpc) is 3.85. The smallest absolute Gasteiger partial charge is 0.353 e. The van der Waals surface area contributed by atoms with E-state index in [4.69, 9.17) is 24.8 Å². The summed E-state index contributed by atoms with van der Waals surface area (Å²) in [7, 11) is 0. The number of thiophene rings is 1. The Morgan fingerprint density at radius 2 is 1.91 bits per heavy atom. The molecule has 15 heteroatoms. The van der Waals surface area contributed by atoms with Crippen LogP contribution in [0.15, 0.2) is 97.7 Å². The Balaban J connectivity index is 0.000000635. The topological polar surface area (TPSA) is 245 Å². The van der Waals surface area contributed by atoms with Gasteiger partial charge >= 0.3 is 22.2 Å². The predicted octanol–water partition coefficient (Wildman–Crippen LogP) is 4.89. The predicted molar refractivity (Wildman–Crippen MR) is 177 cm³/mol. The number of aliphatic carboxylic acids is 1. The minimum Gasteiger partial charge on any atom is -0.853 e. The van der Waals surface area contributed by atoms with Gasteiger partial charge in [0.15, 0.2) is 12.4 Å². The van der Waals surface area contributed by atoms with Gasteiger partial charge in [0.2, 0.25) is 0 Å². The summed E-state index contributed by atoms with van der Waals surface area (Å²) >= 11 is 2.95. The summed E-state index contributed by atoms with van der Waals surface area (Å²) < 4.78 is 14.0. The molecule has 1 aliphatic heterocycles. The maximum Gasteiger partial charge on any atom is 0.353 e. The molecular weight excluding hydrogens is 649 g/mol. The number of allylic oxidation sites excluding steroid dienone is 1. The van der Waals surface area contributed by atoms with Gasteiger partial charge in [-0.25, -0.2) is 0 Å². The number of furan rings is 2. The van der Waals surface area contributed by atoms with Crippen molar-refractivity contribution in [3.63, 3.8) is 0 Å². The molecule has 244 valence electrons. The molecule has 13 nitrogen and oxygen atoms in total. The lowest BCUT2D eigenvalue weighted by Crippen LogP contribution is -2.12. The van der Waals surface area contributed by atoms with E-state index in [1.807, 2.05) is 35.4 Å². The number of nitrogens with zero attached hydrogens (tertiary/aromatic N) is 2. The van der Waals surface area contributed by atoms with Gasteiger partial charge in [0, 0.05) is 23.8 Å². The molecule has 0 saturated heterocycles. The zero-order valence-corrected chi connectivity index (χ0v) is 27.0. The fourth-order valence-corrected chi connectivity index (χ4v) is 4.23. The molecule has 0 amide bonds. The number of H-pyrrole nitrogens is 1. The number of hydrogen-bond acceptors (Lipinski definition) is 12. The highest BCUT2D eigenvalue weighted by Crippen LogP contribution is 2.28.